The highest BCUT2D eigenvalue weighted by Gasteiger charge is 2.51. The molecule has 0 saturated carbocycles. The van der Waals surface area contributed by atoms with Gasteiger partial charge in [-0.3, -0.25) is 9.59 Å². The van der Waals surface area contributed by atoms with E-state index in [9.17, 15) is 9.59 Å². The van der Waals surface area contributed by atoms with Crippen molar-refractivity contribution < 1.29 is 23.8 Å². The normalized spacial score (nSPS) is 16.9. The topological polar surface area (TPSA) is 61.8 Å². The van der Waals surface area contributed by atoms with Gasteiger partial charge in [-0.15, -0.1) is 0 Å². The van der Waals surface area contributed by atoms with Crippen molar-refractivity contribution in [3.05, 3.63) is 29.3 Å². The summed E-state index contributed by atoms with van der Waals surface area (Å²) in [5.41, 5.74) is 1.08. The predicted octanol–water partition coefficient (Wildman–Crippen LogP) is 2.93. The monoisotopic (exact) mass is 334 g/mol. The molecular weight excluding hydrogens is 308 g/mol. The van der Waals surface area contributed by atoms with E-state index in [1.807, 2.05) is 18.2 Å². The molecule has 1 unspecified atom stereocenters. The first-order valence-corrected chi connectivity index (χ1v) is 8.47. The summed E-state index contributed by atoms with van der Waals surface area (Å²) in [5.74, 6) is -0.307. The first-order chi connectivity index (χ1) is 11.5. The summed E-state index contributed by atoms with van der Waals surface area (Å²) in [5, 5.41) is 0. The number of methoxy groups -OCH3 is 1. The van der Waals surface area contributed by atoms with Gasteiger partial charge in [-0.25, -0.2) is 0 Å². The van der Waals surface area contributed by atoms with E-state index in [1.165, 1.54) is 5.56 Å². The quantitative estimate of drug-likeness (QED) is 0.591. The van der Waals surface area contributed by atoms with E-state index in [0.29, 0.717) is 6.42 Å². The number of rotatable bonds is 6. The molecule has 1 atom stereocenters. The third-order valence-electron chi connectivity index (χ3n) is 4.86. The van der Waals surface area contributed by atoms with Crippen LogP contribution in [-0.2, 0) is 31.9 Å². The molecule has 1 aromatic rings. The number of esters is 2. The molecule has 0 amide bonds. The maximum Gasteiger partial charge on any atom is 0.323 e. The van der Waals surface area contributed by atoms with E-state index in [4.69, 9.17) is 14.2 Å². The molecule has 0 aromatic heterocycles. The molecule has 0 radical (unpaired) electrons. The van der Waals surface area contributed by atoms with Gasteiger partial charge in [0.25, 0.3) is 0 Å². The largest absolute Gasteiger partial charge is 0.497 e. The Labute approximate surface area is 143 Å². The second-order valence-corrected chi connectivity index (χ2v) is 6.22. The fourth-order valence-corrected chi connectivity index (χ4v) is 3.33. The summed E-state index contributed by atoms with van der Waals surface area (Å²) in [7, 11) is 1.64. The fraction of sp³-hybridized carbons (Fsp3) is 0.579. The molecule has 5 nitrogen and oxygen atoms in total. The maximum atomic E-state index is 12.5. The van der Waals surface area contributed by atoms with E-state index in [-0.39, 0.29) is 19.1 Å². The Morgan fingerprint density at radius 3 is 2.29 bits per heavy atom. The molecule has 1 aliphatic rings. The van der Waals surface area contributed by atoms with Crippen LogP contribution in [0.4, 0.5) is 0 Å². The van der Waals surface area contributed by atoms with Crippen molar-refractivity contribution in [2.75, 3.05) is 20.3 Å². The second kappa shape index (κ2) is 7.69. The molecule has 0 spiro atoms. The van der Waals surface area contributed by atoms with Gasteiger partial charge in [-0.2, -0.15) is 0 Å². The summed E-state index contributed by atoms with van der Waals surface area (Å²) >= 11 is 0. The van der Waals surface area contributed by atoms with Crippen LogP contribution < -0.4 is 4.74 Å². The van der Waals surface area contributed by atoms with Crippen molar-refractivity contribution in [2.45, 2.75) is 40.0 Å². The minimum Gasteiger partial charge on any atom is -0.497 e. The summed E-state index contributed by atoms with van der Waals surface area (Å²) in [6.07, 6.45) is 2.17. The van der Waals surface area contributed by atoms with Gasteiger partial charge in [0.05, 0.1) is 20.3 Å². The maximum absolute atomic E-state index is 12.5. The van der Waals surface area contributed by atoms with Crippen LogP contribution in [0.3, 0.4) is 0 Å². The number of hydrogen-bond acceptors (Lipinski definition) is 5. The average Bonchev–Trinajstić information content (AvgIpc) is 2.60. The Morgan fingerprint density at radius 1 is 1.12 bits per heavy atom. The van der Waals surface area contributed by atoms with Crippen molar-refractivity contribution in [3.8, 4) is 5.75 Å². The molecule has 0 heterocycles. The van der Waals surface area contributed by atoms with Crippen LogP contribution in [0.2, 0.25) is 0 Å². The highest BCUT2D eigenvalue weighted by atomic mass is 16.6. The molecule has 2 rings (SSSR count). The predicted molar refractivity (Wildman–Crippen MR) is 89.9 cm³/mol. The van der Waals surface area contributed by atoms with Gasteiger partial charge in [-0.1, -0.05) is 6.07 Å². The van der Waals surface area contributed by atoms with E-state index >= 15 is 0 Å². The zero-order valence-electron chi connectivity index (χ0n) is 14.9. The second-order valence-electron chi connectivity index (χ2n) is 6.22. The molecule has 0 fully saturated rings. The van der Waals surface area contributed by atoms with Crippen LogP contribution in [0.1, 0.15) is 38.3 Å². The zero-order chi connectivity index (χ0) is 17.7. The van der Waals surface area contributed by atoms with Crippen LogP contribution in [0.25, 0.3) is 0 Å². The molecule has 0 N–H and O–H groups in total. The van der Waals surface area contributed by atoms with Gasteiger partial charge in [0.1, 0.15) is 5.75 Å². The Hall–Kier alpha value is -2.04. The molecule has 0 saturated heterocycles. The van der Waals surface area contributed by atoms with Crippen LogP contribution in [0.15, 0.2) is 18.2 Å². The zero-order valence-corrected chi connectivity index (χ0v) is 14.9. The van der Waals surface area contributed by atoms with Crippen molar-refractivity contribution in [2.24, 2.45) is 11.3 Å². The number of aryl methyl sites for hydroxylation is 1. The number of carbonyl (C=O) groups is 2. The van der Waals surface area contributed by atoms with Crippen molar-refractivity contribution >= 4 is 11.9 Å². The number of fused-ring (bicyclic) bond motifs is 1. The highest BCUT2D eigenvalue weighted by molar-refractivity contribution is 6.00. The van der Waals surface area contributed by atoms with Gasteiger partial charge >= 0.3 is 11.9 Å². The van der Waals surface area contributed by atoms with Gasteiger partial charge in [0.15, 0.2) is 5.41 Å². The SMILES string of the molecule is CCOC(=O)C(C)(C(=O)OCC)C1CCc2cc(OC)ccc2C1. The lowest BCUT2D eigenvalue weighted by atomic mass is 9.68. The Balaban J connectivity index is 2.30. The smallest absolute Gasteiger partial charge is 0.323 e. The number of benzene rings is 1. The Morgan fingerprint density at radius 2 is 1.75 bits per heavy atom. The minimum atomic E-state index is -1.27. The molecule has 5 heteroatoms. The molecular formula is C19H26O5. The van der Waals surface area contributed by atoms with E-state index < -0.39 is 17.4 Å². The van der Waals surface area contributed by atoms with Crippen molar-refractivity contribution in [3.63, 3.8) is 0 Å². The standard InChI is InChI=1S/C19H26O5/c1-5-23-17(20)19(3,18(21)24-6-2)15-9-7-14-12-16(22-4)10-8-13(14)11-15/h8,10,12,15H,5-7,9,11H2,1-4H3. The summed E-state index contributed by atoms with van der Waals surface area (Å²) in [4.78, 5) is 25.1. The number of hydrogen-bond donors (Lipinski definition) is 0. The van der Waals surface area contributed by atoms with E-state index in [1.54, 1.807) is 27.9 Å². The van der Waals surface area contributed by atoms with Crippen LogP contribution in [0, 0.1) is 11.3 Å². The van der Waals surface area contributed by atoms with Crippen LogP contribution in [-0.4, -0.2) is 32.3 Å². The molecule has 132 valence electrons. The lowest BCUT2D eigenvalue weighted by Gasteiger charge is -2.36. The minimum absolute atomic E-state index is 0.142. The average molecular weight is 334 g/mol. The van der Waals surface area contributed by atoms with Gasteiger partial charge in [-0.05, 0) is 69.2 Å². The molecule has 24 heavy (non-hydrogen) atoms. The molecule has 0 aliphatic heterocycles. The van der Waals surface area contributed by atoms with Gasteiger partial charge in [0, 0.05) is 0 Å². The number of ether oxygens (including phenoxy) is 3. The van der Waals surface area contributed by atoms with Crippen molar-refractivity contribution in [1.29, 1.82) is 0 Å². The lowest BCUT2D eigenvalue weighted by Crippen LogP contribution is -2.47. The third kappa shape index (κ3) is 3.40. The summed E-state index contributed by atoms with van der Waals surface area (Å²) in [6, 6.07) is 5.95. The first kappa shape index (κ1) is 18.3. The van der Waals surface area contributed by atoms with Gasteiger partial charge in [0.2, 0.25) is 0 Å². The van der Waals surface area contributed by atoms with E-state index in [0.717, 1.165) is 24.2 Å². The highest BCUT2D eigenvalue weighted by Crippen LogP contribution is 2.40. The Kier molecular flexibility index (Phi) is 5.86. The van der Waals surface area contributed by atoms with Crippen LogP contribution in [0.5, 0.6) is 5.75 Å². The number of carbonyl (C=O) groups excluding carboxylic acids is 2. The van der Waals surface area contributed by atoms with Crippen molar-refractivity contribution in [1.82, 2.24) is 0 Å². The third-order valence-corrected chi connectivity index (χ3v) is 4.86. The Bertz CT molecular complexity index is 590. The lowest BCUT2D eigenvalue weighted by molar-refractivity contribution is -0.175. The fourth-order valence-electron chi connectivity index (χ4n) is 3.33. The molecule has 0 bridgehead atoms. The summed E-state index contributed by atoms with van der Waals surface area (Å²) in [6.45, 7) is 5.63. The summed E-state index contributed by atoms with van der Waals surface area (Å²) < 4.78 is 15.7. The first-order valence-electron chi connectivity index (χ1n) is 8.47. The molecule has 1 aromatic carbocycles. The van der Waals surface area contributed by atoms with Gasteiger partial charge < -0.3 is 14.2 Å². The molecule has 1 aliphatic carbocycles. The van der Waals surface area contributed by atoms with Crippen LogP contribution >= 0.6 is 0 Å². The van der Waals surface area contributed by atoms with E-state index in [2.05, 4.69) is 0 Å².